The molecule has 0 aliphatic rings. The highest BCUT2D eigenvalue weighted by Crippen LogP contribution is 2.26. The van der Waals surface area contributed by atoms with Gasteiger partial charge in [-0.25, -0.2) is 8.78 Å². The molecule has 17 heavy (non-hydrogen) atoms. The zero-order valence-corrected chi connectivity index (χ0v) is 9.83. The summed E-state index contributed by atoms with van der Waals surface area (Å²) in [5.74, 6) is 0.759. The third-order valence-electron chi connectivity index (χ3n) is 2.23. The van der Waals surface area contributed by atoms with Crippen molar-refractivity contribution in [1.82, 2.24) is 4.98 Å². The molecule has 0 N–H and O–H groups in total. The number of halogens is 2. The smallest absolute Gasteiger partial charge is 0.263 e. The number of nitrogens with zero attached hydrogens (tertiary/aromatic N) is 1. The molecule has 1 heterocycles. The molecule has 2 aromatic rings. The van der Waals surface area contributed by atoms with Crippen LogP contribution < -0.4 is 0 Å². The molecule has 1 aromatic carbocycles. The number of alkyl halides is 2. The largest absolute Gasteiger partial charge is 0.265 e. The minimum Gasteiger partial charge on any atom is -0.263 e. The van der Waals surface area contributed by atoms with Gasteiger partial charge in [0.25, 0.3) is 6.43 Å². The normalized spacial score (nSPS) is 10.8. The third-order valence-corrected chi connectivity index (χ3v) is 3.27. The lowest BCUT2D eigenvalue weighted by Crippen LogP contribution is -1.87. The van der Waals surface area contributed by atoms with Gasteiger partial charge in [0.15, 0.2) is 0 Å². The molecule has 0 radical (unpaired) electrons. The van der Waals surface area contributed by atoms with Gasteiger partial charge >= 0.3 is 0 Å². The summed E-state index contributed by atoms with van der Waals surface area (Å²) in [5.41, 5.74) is 1.14. The minimum atomic E-state index is -2.46. The molecule has 88 valence electrons. The fourth-order valence-corrected chi connectivity index (χ4v) is 2.26. The van der Waals surface area contributed by atoms with Gasteiger partial charge in [0.05, 0.1) is 0 Å². The van der Waals surface area contributed by atoms with E-state index < -0.39 is 6.43 Å². The third kappa shape index (κ3) is 3.53. The number of thioether (sulfide) groups is 1. The van der Waals surface area contributed by atoms with Crippen LogP contribution in [0.15, 0.2) is 53.7 Å². The van der Waals surface area contributed by atoms with E-state index in [1.165, 1.54) is 29.6 Å². The summed E-state index contributed by atoms with van der Waals surface area (Å²) in [6.07, 6.45) is 0.358. The summed E-state index contributed by atoms with van der Waals surface area (Å²) in [6, 6.07) is 11.4. The number of benzene rings is 1. The van der Waals surface area contributed by atoms with Gasteiger partial charge in [-0.1, -0.05) is 30.3 Å². The lowest BCUT2D eigenvalue weighted by Gasteiger charge is -2.04. The van der Waals surface area contributed by atoms with Gasteiger partial charge in [-0.3, -0.25) is 4.98 Å². The Hall–Kier alpha value is -1.42. The summed E-state index contributed by atoms with van der Waals surface area (Å²) >= 11 is 1.51. The molecule has 0 unspecified atom stereocenters. The van der Waals surface area contributed by atoms with Crippen molar-refractivity contribution in [1.29, 1.82) is 0 Å². The molecule has 0 amide bonds. The Balaban J connectivity index is 2.02. The molecule has 0 saturated heterocycles. The molecule has 0 spiro atoms. The molecule has 0 aliphatic heterocycles. The Morgan fingerprint density at radius 3 is 2.59 bits per heavy atom. The van der Waals surface area contributed by atoms with Gasteiger partial charge in [-0.2, -0.15) is 0 Å². The number of hydrogen-bond donors (Lipinski definition) is 0. The second kappa shape index (κ2) is 5.77. The Morgan fingerprint density at radius 2 is 1.88 bits per heavy atom. The summed E-state index contributed by atoms with van der Waals surface area (Å²) in [6.45, 7) is 0. The van der Waals surface area contributed by atoms with Crippen LogP contribution in [0, 0.1) is 0 Å². The fraction of sp³-hybridized carbons (Fsp3) is 0.154. The van der Waals surface area contributed by atoms with Crippen LogP contribution in [0.25, 0.3) is 0 Å². The van der Waals surface area contributed by atoms with Crippen molar-refractivity contribution in [3.05, 3.63) is 59.9 Å². The Bertz CT molecular complexity index is 474. The predicted octanol–water partition coefficient (Wildman–Crippen LogP) is 4.31. The number of hydrogen-bond acceptors (Lipinski definition) is 2. The van der Waals surface area contributed by atoms with Crippen LogP contribution in [0.3, 0.4) is 0 Å². The zero-order valence-electron chi connectivity index (χ0n) is 9.01. The van der Waals surface area contributed by atoms with Crippen molar-refractivity contribution in [2.24, 2.45) is 0 Å². The highest BCUT2D eigenvalue weighted by Gasteiger charge is 2.08. The average molecular weight is 251 g/mol. The molecular formula is C13H11F2NS. The standard InChI is InChI=1S/C13H11F2NS/c14-13(15)11-6-12(8-16-7-11)17-9-10-4-2-1-3-5-10/h1-8,13H,9H2. The molecule has 4 heteroatoms. The monoisotopic (exact) mass is 251 g/mol. The van der Waals surface area contributed by atoms with E-state index in [4.69, 9.17) is 0 Å². The Morgan fingerprint density at radius 1 is 1.12 bits per heavy atom. The van der Waals surface area contributed by atoms with E-state index in [-0.39, 0.29) is 5.56 Å². The number of pyridine rings is 1. The van der Waals surface area contributed by atoms with Crippen LogP contribution in [-0.2, 0) is 5.75 Å². The summed E-state index contributed by atoms with van der Waals surface area (Å²) < 4.78 is 24.9. The van der Waals surface area contributed by atoms with Gasteiger partial charge in [0, 0.05) is 28.6 Å². The summed E-state index contributed by atoms with van der Waals surface area (Å²) in [7, 11) is 0. The van der Waals surface area contributed by atoms with Gasteiger partial charge in [0.2, 0.25) is 0 Å². The second-order valence-corrected chi connectivity index (χ2v) is 4.58. The van der Waals surface area contributed by atoms with Gasteiger partial charge in [0.1, 0.15) is 0 Å². The Kier molecular flexibility index (Phi) is 4.09. The maximum Gasteiger partial charge on any atom is 0.265 e. The average Bonchev–Trinajstić information content (AvgIpc) is 2.38. The van der Waals surface area contributed by atoms with E-state index in [9.17, 15) is 8.78 Å². The molecule has 0 atom stereocenters. The molecule has 0 saturated carbocycles. The molecule has 0 bridgehead atoms. The van der Waals surface area contributed by atoms with Crippen LogP contribution in [-0.4, -0.2) is 4.98 Å². The fourth-order valence-electron chi connectivity index (χ4n) is 1.37. The minimum absolute atomic E-state index is 0.0249. The zero-order chi connectivity index (χ0) is 12.1. The molecular weight excluding hydrogens is 240 g/mol. The highest BCUT2D eigenvalue weighted by atomic mass is 32.2. The molecule has 0 fully saturated rings. The second-order valence-electron chi connectivity index (χ2n) is 3.53. The van der Waals surface area contributed by atoms with Crippen LogP contribution >= 0.6 is 11.8 Å². The quantitative estimate of drug-likeness (QED) is 0.751. The summed E-state index contributed by atoms with van der Waals surface area (Å²) in [4.78, 5) is 4.59. The van der Waals surface area contributed by atoms with E-state index in [1.54, 1.807) is 6.20 Å². The summed E-state index contributed by atoms with van der Waals surface area (Å²) in [5, 5.41) is 0. The van der Waals surface area contributed by atoms with E-state index in [1.807, 2.05) is 30.3 Å². The maximum atomic E-state index is 12.5. The highest BCUT2D eigenvalue weighted by molar-refractivity contribution is 7.98. The number of aromatic nitrogens is 1. The van der Waals surface area contributed by atoms with Crippen molar-refractivity contribution in [2.45, 2.75) is 17.1 Å². The van der Waals surface area contributed by atoms with Crippen molar-refractivity contribution in [2.75, 3.05) is 0 Å². The van der Waals surface area contributed by atoms with Crippen LogP contribution in [0.5, 0.6) is 0 Å². The van der Waals surface area contributed by atoms with E-state index in [2.05, 4.69) is 4.98 Å². The first kappa shape index (κ1) is 12.0. The first-order chi connectivity index (χ1) is 8.25. The van der Waals surface area contributed by atoms with Crippen LogP contribution in [0.4, 0.5) is 8.78 Å². The van der Waals surface area contributed by atoms with Gasteiger partial charge in [-0.05, 0) is 11.6 Å². The maximum absolute atomic E-state index is 12.5. The first-order valence-electron chi connectivity index (χ1n) is 5.15. The van der Waals surface area contributed by atoms with Crippen LogP contribution in [0.1, 0.15) is 17.6 Å². The van der Waals surface area contributed by atoms with E-state index >= 15 is 0 Å². The van der Waals surface area contributed by atoms with E-state index in [0.29, 0.717) is 0 Å². The lowest BCUT2D eigenvalue weighted by molar-refractivity contribution is 0.150. The van der Waals surface area contributed by atoms with Gasteiger partial charge in [-0.15, -0.1) is 11.8 Å². The van der Waals surface area contributed by atoms with Crippen molar-refractivity contribution in [3.63, 3.8) is 0 Å². The van der Waals surface area contributed by atoms with Crippen molar-refractivity contribution in [3.8, 4) is 0 Å². The van der Waals surface area contributed by atoms with Crippen molar-refractivity contribution < 1.29 is 8.78 Å². The van der Waals surface area contributed by atoms with Crippen molar-refractivity contribution >= 4 is 11.8 Å². The molecule has 1 aromatic heterocycles. The number of rotatable bonds is 4. The topological polar surface area (TPSA) is 12.9 Å². The Labute approximate surface area is 103 Å². The SMILES string of the molecule is FC(F)c1cncc(SCc2ccccc2)c1. The predicted molar refractivity (Wildman–Crippen MR) is 65.2 cm³/mol. The molecule has 1 nitrogen and oxygen atoms in total. The van der Waals surface area contributed by atoms with Gasteiger partial charge < -0.3 is 0 Å². The lowest BCUT2D eigenvalue weighted by atomic mass is 10.2. The first-order valence-corrected chi connectivity index (χ1v) is 6.14. The van der Waals surface area contributed by atoms with E-state index in [0.717, 1.165) is 10.6 Å². The van der Waals surface area contributed by atoms with Crippen LogP contribution in [0.2, 0.25) is 0 Å². The molecule has 2 rings (SSSR count). The molecule has 0 aliphatic carbocycles.